The molecule has 1 heterocycles. The van der Waals surface area contributed by atoms with Crippen molar-refractivity contribution in [3.63, 3.8) is 0 Å². The van der Waals surface area contributed by atoms with E-state index < -0.39 is 15.3 Å². The van der Waals surface area contributed by atoms with E-state index in [1.807, 2.05) is 16.7 Å². The van der Waals surface area contributed by atoms with Gasteiger partial charge in [-0.3, -0.25) is 4.79 Å². The third-order valence-electron chi connectivity index (χ3n) is 7.23. The zero-order valence-electron chi connectivity index (χ0n) is 17.7. The highest BCUT2D eigenvalue weighted by Crippen LogP contribution is 2.43. The number of carbonyl (C=O) groups excluding carboxylic acids is 2. The summed E-state index contributed by atoms with van der Waals surface area (Å²) in [5, 5.41) is 4.91. The number of ether oxygens (including phenoxy) is 1. The fraction of sp³-hybridized carbons (Fsp3) is 0.900. The van der Waals surface area contributed by atoms with Crippen LogP contribution < -0.4 is 5.14 Å². The van der Waals surface area contributed by atoms with E-state index in [4.69, 9.17) is 9.88 Å². The normalized spacial score (nSPS) is 35.7. The summed E-state index contributed by atoms with van der Waals surface area (Å²) in [6, 6.07) is -0.0403. The van der Waals surface area contributed by atoms with Crippen LogP contribution in [0.15, 0.2) is 0 Å². The van der Waals surface area contributed by atoms with Gasteiger partial charge in [0.2, 0.25) is 15.9 Å². The van der Waals surface area contributed by atoms with Crippen LogP contribution in [0.1, 0.15) is 65.7 Å². The van der Waals surface area contributed by atoms with Gasteiger partial charge >= 0.3 is 6.09 Å². The number of fused-ring (bicyclic) bond motifs is 1. The molecule has 29 heavy (non-hydrogen) atoms. The molecule has 3 rings (SSSR count). The van der Waals surface area contributed by atoms with Crippen LogP contribution >= 0.6 is 0 Å². The Morgan fingerprint density at radius 3 is 2.21 bits per heavy atom. The maximum Gasteiger partial charge on any atom is 0.410 e. The number of nitrogens with zero attached hydrogens (tertiary/aromatic N) is 2. The molecule has 2 N–H and O–H groups in total. The van der Waals surface area contributed by atoms with E-state index in [1.54, 1.807) is 13.8 Å². The van der Waals surface area contributed by atoms with Gasteiger partial charge in [0.1, 0.15) is 0 Å². The zero-order valence-corrected chi connectivity index (χ0v) is 18.6. The SMILES string of the molecule is CCOC(=O)N1C[C@H](C)N(C(C)=O)C2CCC(C3CCC(S(N)(=O)=O)CC3)CC21. The van der Waals surface area contributed by atoms with Crippen LogP contribution in [0.3, 0.4) is 0 Å². The monoisotopic (exact) mass is 429 g/mol. The van der Waals surface area contributed by atoms with Crippen LogP contribution in [0.5, 0.6) is 0 Å². The molecule has 1 aliphatic heterocycles. The van der Waals surface area contributed by atoms with Gasteiger partial charge in [-0.15, -0.1) is 0 Å². The van der Waals surface area contributed by atoms with Crippen molar-refractivity contribution >= 4 is 22.0 Å². The van der Waals surface area contributed by atoms with Crippen LogP contribution in [0.4, 0.5) is 4.79 Å². The van der Waals surface area contributed by atoms with Gasteiger partial charge in [-0.05, 0) is 70.6 Å². The highest BCUT2D eigenvalue weighted by Gasteiger charge is 2.48. The second-order valence-corrected chi connectivity index (χ2v) is 10.8. The molecular formula is C20H35N3O5S. The van der Waals surface area contributed by atoms with E-state index in [1.165, 1.54) is 0 Å². The average Bonchev–Trinajstić information content (AvgIpc) is 2.66. The van der Waals surface area contributed by atoms with E-state index in [0.717, 1.165) is 32.1 Å². The minimum absolute atomic E-state index is 0.0256. The molecule has 0 spiro atoms. The van der Waals surface area contributed by atoms with Gasteiger partial charge in [0.15, 0.2) is 0 Å². The van der Waals surface area contributed by atoms with Crippen molar-refractivity contribution in [3.8, 4) is 0 Å². The molecule has 0 aromatic heterocycles. The van der Waals surface area contributed by atoms with E-state index in [0.29, 0.717) is 37.8 Å². The maximum absolute atomic E-state index is 12.6. The maximum atomic E-state index is 12.6. The molecule has 3 aliphatic rings. The first-order valence-electron chi connectivity index (χ1n) is 10.9. The van der Waals surface area contributed by atoms with E-state index >= 15 is 0 Å². The molecule has 166 valence electrons. The summed E-state index contributed by atoms with van der Waals surface area (Å²) in [5.74, 6) is 0.933. The Kier molecular flexibility index (Phi) is 6.77. The molecule has 8 nitrogen and oxygen atoms in total. The standard InChI is InChI=1S/C20H35N3O5S/c1-4-28-20(25)22-12-13(2)23(14(3)24)18-10-7-16(11-19(18)22)15-5-8-17(9-6-15)29(21,26)27/h13,15-19H,4-12H2,1-3H3,(H2,21,26,27)/t13-,15?,16?,17?,18?,19?/m0/s1. The predicted molar refractivity (Wildman–Crippen MR) is 109 cm³/mol. The Morgan fingerprint density at radius 1 is 1.03 bits per heavy atom. The largest absolute Gasteiger partial charge is 0.450 e. The number of nitrogens with two attached hydrogens (primary N) is 1. The molecule has 3 unspecified atom stereocenters. The van der Waals surface area contributed by atoms with Crippen molar-refractivity contribution in [2.45, 2.75) is 89.1 Å². The summed E-state index contributed by atoms with van der Waals surface area (Å²) in [6.07, 6.45) is 5.35. The number of hydrogen-bond acceptors (Lipinski definition) is 5. The summed E-state index contributed by atoms with van der Waals surface area (Å²) in [5.41, 5.74) is 0. The van der Waals surface area contributed by atoms with Gasteiger partial charge in [0, 0.05) is 19.5 Å². The molecule has 9 heteroatoms. The molecule has 0 aromatic carbocycles. The highest BCUT2D eigenvalue weighted by atomic mass is 32.2. The molecule has 3 fully saturated rings. The van der Waals surface area contributed by atoms with Crippen molar-refractivity contribution < 1.29 is 22.7 Å². The smallest absolute Gasteiger partial charge is 0.410 e. The van der Waals surface area contributed by atoms with Crippen molar-refractivity contribution in [2.24, 2.45) is 17.0 Å². The number of amides is 2. The van der Waals surface area contributed by atoms with Crippen molar-refractivity contribution in [1.29, 1.82) is 0 Å². The second-order valence-electron chi connectivity index (χ2n) is 8.96. The molecular weight excluding hydrogens is 394 g/mol. The Morgan fingerprint density at radius 2 is 1.66 bits per heavy atom. The predicted octanol–water partition coefficient (Wildman–Crippen LogP) is 2.08. The molecule has 0 aromatic rings. The second kappa shape index (κ2) is 8.79. The van der Waals surface area contributed by atoms with E-state index in [2.05, 4.69) is 0 Å². The van der Waals surface area contributed by atoms with Gasteiger partial charge in [-0.2, -0.15) is 0 Å². The lowest BCUT2D eigenvalue weighted by Crippen LogP contribution is -2.67. The average molecular weight is 430 g/mol. The number of sulfonamides is 1. The Hall–Kier alpha value is -1.35. The number of primary sulfonamides is 1. The van der Waals surface area contributed by atoms with Gasteiger partial charge in [-0.1, -0.05) is 0 Å². The third-order valence-corrected chi connectivity index (χ3v) is 8.63. The fourth-order valence-corrected chi connectivity index (χ4v) is 6.86. The van der Waals surface area contributed by atoms with Gasteiger partial charge in [0.05, 0.1) is 23.9 Å². The topological polar surface area (TPSA) is 110 Å². The summed E-state index contributed by atoms with van der Waals surface area (Å²) in [7, 11) is -3.46. The van der Waals surface area contributed by atoms with Crippen LogP contribution in [-0.2, 0) is 19.6 Å². The van der Waals surface area contributed by atoms with Crippen LogP contribution in [0.25, 0.3) is 0 Å². The highest BCUT2D eigenvalue weighted by molar-refractivity contribution is 7.89. The Bertz CT molecular complexity index is 720. The first-order chi connectivity index (χ1) is 13.6. The molecule has 2 saturated carbocycles. The van der Waals surface area contributed by atoms with E-state index in [-0.39, 0.29) is 30.1 Å². The lowest BCUT2D eigenvalue weighted by molar-refractivity contribution is -0.142. The van der Waals surface area contributed by atoms with Crippen LogP contribution in [0.2, 0.25) is 0 Å². The van der Waals surface area contributed by atoms with Crippen molar-refractivity contribution in [2.75, 3.05) is 13.2 Å². The van der Waals surface area contributed by atoms with Crippen LogP contribution in [-0.4, -0.2) is 66.7 Å². The van der Waals surface area contributed by atoms with Gasteiger partial charge in [-0.25, -0.2) is 18.4 Å². The Balaban J connectivity index is 1.73. The summed E-state index contributed by atoms with van der Waals surface area (Å²) >= 11 is 0. The molecule has 1 saturated heterocycles. The molecule has 2 amide bonds. The van der Waals surface area contributed by atoms with Crippen molar-refractivity contribution in [1.82, 2.24) is 9.80 Å². The van der Waals surface area contributed by atoms with E-state index in [9.17, 15) is 18.0 Å². The number of carbonyl (C=O) groups is 2. The lowest BCUT2D eigenvalue weighted by atomic mass is 9.69. The number of rotatable bonds is 3. The van der Waals surface area contributed by atoms with Crippen molar-refractivity contribution in [3.05, 3.63) is 0 Å². The Labute approximate surface area is 174 Å². The van der Waals surface area contributed by atoms with Gasteiger partial charge in [0.25, 0.3) is 0 Å². The molecule has 0 radical (unpaired) electrons. The summed E-state index contributed by atoms with van der Waals surface area (Å²) < 4.78 is 28.6. The quantitative estimate of drug-likeness (QED) is 0.738. The lowest BCUT2D eigenvalue weighted by Gasteiger charge is -2.54. The molecule has 4 atom stereocenters. The first kappa shape index (κ1) is 22.3. The minimum atomic E-state index is -3.46. The fourth-order valence-electron chi connectivity index (χ4n) is 5.93. The molecule has 2 aliphatic carbocycles. The number of piperazine rings is 1. The third kappa shape index (κ3) is 4.71. The summed E-state index contributed by atoms with van der Waals surface area (Å²) in [6.45, 7) is 6.22. The summed E-state index contributed by atoms with van der Waals surface area (Å²) in [4.78, 5) is 28.7. The minimum Gasteiger partial charge on any atom is -0.450 e. The first-order valence-corrected chi connectivity index (χ1v) is 12.5. The zero-order chi connectivity index (χ0) is 21.3. The molecule has 0 bridgehead atoms. The van der Waals surface area contributed by atoms with Crippen LogP contribution in [0, 0.1) is 11.8 Å². The number of hydrogen-bond donors (Lipinski definition) is 1. The van der Waals surface area contributed by atoms with Gasteiger partial charge < -0.3 is 14.5 Å².